The van der Waals surface area contributed by atoms with Gasteiger partial charge in [0.2, 0.25) is 0 Å². The van der Waals surface area contributed by atoms with Crippen molar-refractivity contribution in [3.8, 4) is 0 Å². The number of benzene rings is 1. The van der Waals surface area contributed by atoms with E-state index in [4.69, 9.17) is 9.47 Å². The SMILES string of the molecule is COC(=O)c1ccc(COCCOC(C)C)cc1F. The minimum Gasteiger partial charge on any atom is -0.465 e. The van der Waals surface area contributed by atoms with Crippen LogP contribution in [0.1, 0.15) is 29.8 Å². The van der Waals surface area contributed by atoms with Crippen LogP contribution in [0, 0.1) is 5.82 Å². The predicted molar refractivity (Wildman–Crippen MR) is 68.5 cm³/mol. The smallest absolute Gasteiger partial charge is 0.340 e. The van der Waals surface area contributed by atoms with Crippen LogP contribution in [0.3, 0.4) is 0 Å². The van der Waals surface area contributed by atoms with E-state index in [9.17, 15) is 9.18 Å². The predicted octanol–water partition coefficient (Wildman–Crippen LogP) is 2.55. The van der Waals surface area contributed by atoms with E-state index in [1.807, 2.05) is 13.8 Å². The normalized spacial score (nSPS) is 10.8. The van der Waals surface area contributed by atoms with E-state index in [-0.39, 0.29) is 18.3 Å². The van der Waals surface area contributed by atoms with E-state index in [1.54, 1.807) is 6.07 Å². The number of carbonyl (C=O) groups excluding carboxylic acids is 1. The van der Waals surface area contributed by atoms with Crippen LogP contribution in [0.2, 0.25) is 0 Å². The highest BCUT2D eigenvalue weighted by atomic mass is 19.1. The topological polar surface area (TPSA) is 44.8 Å². The van der Waals surface area contributed by atoms with E-state index in [0.29, 0.717) is 18.8 Å². The number of rotatable bonds is 7. The Morgan fingerprint density at radius 2 is 2.05 bits per heavy atom. The van der Waals surface area contributed by atoms with Crippen LogP contribution in [-0.2, 0) is 20.8 Å². The Morgan fingerprint density at radius 3 is 2.63 bits per heavy atom. The Labute approximate surface area is 112 Å². The standard InChI is InChI=1S/C14H19FO4/c1-10(2)19-7-6-18-9-11-4-5-12(13(15)8-11)14(16)17-3/h4-5,8,10H,6-7,9H2,1-3H3. The van der Waals surface area contributed by atoms with Gasteiger partial charge < -0.3 is 14.2 Å². The van der Waals surface area contributed by atoms with E-state index >= 15 is 0 Å². The van der Waals surface area contributed by atoms with Gasteiger partial charge in [-0.25, -0.2) is 9.18 Å². The molecule has 1 rings (SSSR count). The second-order valence-electron chi connectivity index (χ2n) is 4.28. The van der Waals surface area contributed by atoms with E-state index in [0.717, 1.165) is 0 Å². The monoisotopic (exact) mass is 270 g/mol. The van der Waals surface area contributed by atoms with Crippen LogP contribution < -0.4 is 0 Å². The Kier molecular flexibility index (Phi) is 6.45. The van der Waals surface area contributed by atoms with Crippen LogP contribution in [0.5, 0.6) is 0 Å². The fourth-order valence-corrected chi connectivity index (χ4v) is 1.46. The van der Waals surface area contributed by atoms with E-state index < -0.39 is 11.8 Å². The summed E-state index contributed by atoms with van der Waals surface area (Å²) in [6.07, 6.45) is 0.167. The van der Waals surface area contributed by atoms with Gasteiger partial charge in [-0.3, -0.25) is 0 Å². The number of ether oxygens (including phenoxy) is 3. The molecule has 0 spiro atoms. The lowest BCUT2D eigenvalue weighted by molar-refractivity contribution is 0.0142. The summed E-state index contributed by atoms with van der Waals surface area (Å²) in [4.78, 5) is 11.2. The van der Waals surface area contributed by atoms with Gasteiger partial charge >= 0.3 is 5.97 Å². The number of carbonyl (C=O) groups is 1. The maximum absolute atomic E-state index is 13.6. The Balaban J connectivity index is 2.43. The average molecular weight is 270 g/mol. The van der Waals surface area contributed by atoms with Crippen molar-refractivity contribution >= 4 is 5.97 Å². The maximum atomic E-state index is 13.6. The van der Waals surface area contributed by atoms with Gasteiger partial charge in [0, 0.05) is 0 Å². The highest BCUT2D eigenvalue weighted by molar-refractivity contribution is 5.89. The minimum absolute atomic E-state index is 0.0746. The van der Waals surface area contributed by atoms with Gasteiger partial charge in [0.1, 0.15) is 5.82 Å². The summed E-state index contributed by atoms with van der Waals surface area (Å²) in [6.45, 7) is 5.11. The summed E-state index contributed by atoms with van der Waals surface area (Å²) >= 11 is 0. The second-order valence-corrected chi connectivity index (χ2v) is 4.28. The first-order chi connectivity index (χ1) is 9.04. The molecule has 106 valence electrons. The Bertz CT molecular complexity index is 418. The number of halogens is 1. The molecular weight excluding hydrogens is 251 g/mol. The molecule has 4 nitrogen and oxygen atoms in total. The van der Waals surface area contributed by atoms with Crippen LogP contribution >= 0.6 is 0 Å². The molecule has 19 heavy (non-hydrogen) atoms. The van der Waals surface area contributed by atoms with Crippen LogP contribution in [0.4, 0.5) is 4.39 Å². The molecule has 0 fully saturated rings. The largest absolute Gasteiger partial charge is 0.465 e. The highest BCUT2D eigenvalue weighted by Crippen LogP contribution is 2.12. The molecule has 1 aromatic rings. The molecule has 0 aliphatic carbocycles. The van der Waals surface area contributed by atoms with Gasteiger partial charge in [-0.2, -0.15) is 0 Å². The number of hydrogen-bond acceptors (Lipinski definition) is 4. The van der Waals surface area contributed by atoms with E-state index in [1.165, 1.54) is 19.2 Å². The van der Waals surface area contributed by atoms with Crippen molar-refractivity contribution in [2.75, 3.05) is 20.3 Å². The van der Waals surface area contributed by atoms with Gasteiger partial charge in [-0.15, -0.1) is 0 Å². The number of hydrogen-bond donors (Lipinski definition) is 0. The molecule has 5 heteroatoms. The highest BCUT2D eigenvalue weighted by Gasteiger charge is 2.12. The molecule has 1 aromatic carbocycles. The first kappa shape index (κ1) is 15.6. The molecule has 0 saturated heterocycles. The fraction of sp³-hybridized carbons (Fsp3) is 0.500. The summed E-state index contributed by atoms with van der Waals surface area (Å²) in [6, 6.07) is 4.30. The van der Waals surface area contributed by atoms with Crippen molar-refractivity contribution in [1.82, 2.24) is 0 Å². The second kappa shape index (κ2) is 7.86. The van der Waals surface area contributed by atoms with Gasteiger partial charge in [0.25, 0.3) is 0 Å². The summed E-state index contributed by atoms with van der Waals surface area (Å²) < 4.78 is 28.7. The van der Waals surface area contributed by atoms with Crippen molar-refractivity contribution in [3.05, 3.63) is 35.1 Å². The van der Waals surface area contributed by atoms with Gasteiger partial charge in [0.05, 0.1) is 38.6 Å². The zero-order chi connectivity index (χ0) is 14.3. The fourth-order valence-electron chi connectivity index (χ4n) is 1.46. The van der Waals surface area contributed by atoms with Crippen LogP contribution in [0.25, 0.3) is 0 Å². The van der Waals surface area contributed by atoms with Gasteiger partial charge in [-0.1, -0.05) is 6.07 Å². The summed E-state index contributed by atoms with van der Waals surface area (Å²) in [7, 11) is 1.22. The molecule has 0 atom stereocenters. The van der Waals surface area contributed by atoms with Crippen molar-refractivity contribution in [2.45, 2.75) is 26.6 Å². The third-order valence-corrected chi connectivity index (χ3v) is 2.39. The first-order valence-electron chi connectivity index (χ1n) is 6.10. The lowest BCUT2D eigenvalue weighted by Crippen LogP contribution is -2.10. The lowest BCUT2D eigenvalue weighted by Gasteiger charge is -2.09. The first-order valence-corrected chi connectivity index (χ1v) is 6.10. The molecule has 0 heterocycles. The lowest BCUT2D eigenvalue weighted by atomic mass is 10.1. The van der Waals surface area contributed by atoms with Crippen molar-refractivity contribution in [3.63, 3.8) is 0 Å². The molecule has 0 N–H and O–H groups in total. The summed E-state index contributed by atoms with van der Waals surface area (Å²) in [5.74, 6) is -1.29. The van der Waals surface area contributed by atoms with Crippen LogP contribution in [0.15, 0.2) is 18.2 Å². The number of methoxy groups -OCH3 is 1. The van der Waals surface area contributed by atoms with Gasteiger partial charge in [-0.05, 0) is 31.5 Å². The Hall–Kier alpha value is -1.46. The molecule has 0 unspecified atom stereocenters. The molecule has 0 aliphatic heterocycles. The molecule has 0 saturated carbocycles. The van der Waals surface area contributed by atoms with E-state index in [2.05, 4.69) is 4.74 Å². The summed E-state index contributed by atoms with van der Waals surface area (Å²) in [5, 5.41) is 0. The average Bonchev–Trinajstić information content (AvgIpc) is 2.37. The molecule has 0 aromatic heterocycles. The van der Waals surface area contributed by atoms with Gasteiger partial charge in [0.15, 0.2) is 0 Å². The quantitative estimate of drug-likeness (QED) is 0.564. The molecule has 0 radical (unpaired) electrons. The summed E-state index contributed by atoms with van der Waals surface area (Å²) in [5.41, 5.74) is 0.587. The third-order valence-electron chi connectivity index (χ3n) is 2.39. The molecular formula is C14H19FO4. The minimum atomic E-state index is -0.685. The maximum Gasteiger partial charge on any atom is 0.340 e. The van der Waals surface area contributed by atoms with Crippen molar-refractivity contribution in [1.29, 1.82) is 0 Å². The van der Waals surface area contributed by atoms with Crippen molar-refractivity contribution in [2.24, 2.45) is 0 Å². The molecule has 0 bridgehead atoms. The molecule has 0 amide bonds. The van der Waals surface area contributed by atoms with Crippen LogP contribution in [-0.4, -0.2) is 32.4 Å². The molecule has 0 aliphatic rings. The number of esters is 1. The zero-order valence-electron chi connectivity index (χ0n) is 11.4. The van der Waals surface area contributed by atoms with Crippen molar-refractivity contribution < 1.29 is 23.4 Å². The Morgan fingerprint density at radius 1 is 1.32 bits per heavy atom. The third kappa shape index (κ3) is 5.36. The zero-order valence-corrected chi connectivity index (χ0v) is 11.4.